The third-order valence-electron chi connectivity index (χ3n) is 2.32. The van der Waals surface area contributed by atoms with Crippen LogP contribution in [0.1, 0.15) is 13.8 Å². The van der Waals surface area contributed by atoms with Crippen molar-refractivity contribution in [1.82, 2.24) is 14.4 Å². The molecule has 2 aromatic heterocycles. The fraction of sp³-hybridized carbons (Fsp3) is 0.455. The van der Waals surface area contributed by atoms with Gasteiger partial charge in [0.2, 0.25) is 0 Å². The molecular formula is C11H17N5O. The lowest BCUT2D eigenvalue weighted by Gasteiger charge is -2.18. The van der Waals surface area contributed by atoms with Gasteiger partial charge in [-0.1, -0.05) is 0 Å². The minimum absolute atomic E-state index is 0.412. The Morgan fingerprint density at radius 1 is 1.47 bits per heavy atom. The predicted molar refractivity (Wildman–Crippen MR) is 67.3 cm³/mol. The van der Waals surface area contributed by atoms with Gasteiger partial charge in [0, 0.05) is 26.0 Å². The van der Waals surface area contributed by atoms with Crippen molar-refractivity contribution in [3.63, 3.8) is 0 Å². The van der Waals surface area contributed by atoms with E-state index in [9.17, 15) is 5.11 Å². The van der Waals surface area contributed by atoms with Crippen LogP contribution in [0.4, 0.5) is 11.6 Å². The first-order chi connectivity index (χ1) is 7.99. The predicted octanol–water partition coefficient (Wildman–Crippen LogP) is 0.954. The van der Waals surface area contributed by atoms with Crippen molar-refractivity contribution >= 4 is 17.3 Å². The molecule has 2 rings (SSSR count). The molecule has 0 fully saturated rings. The van der Waals surface area contributed by atoms with Crippen LogP contribution >= 0.6 is 0 Å². The Balaban J connectivity index is 2.34. The van der Waals surface area contributed by atoms with Crippen LogP contribution in [0.5, 0.6) is 0 Å². The molecule has 3 N–H and O–H groups in total. The Morgan fingerprint density at radius 2 is 2.24 bits per heavy atom. The van der Waals surface area contributed by atoms with Crippen molar-refractivity contribution < 1.29 is 5.11 Å². The van der Waals surface area contributed by atoms with E-state index in [-0.39, 0.29) is 0 Å². The molecule has 0 saturated carbocycles. The number of aromatic nitrogens is 3. The van der Waals surface area contributed by atoms with E-state index < -0.39 is 5.60 Å². The first-order valence-corrected chi connectivity index (χ1v) is 5.47. The number of aliphatic hydroxyl groups is 1. The Hall–Kier alpha value is -1.82. The standard InChI is InChI=1S/C11H17N5O/c1-11(2,17)7-14-9-10-13-4-5-16(10)6-8(12-3)15-9/h4-6,12,17H,7H2,1-3H3,(H,14,15). The van der Waals surface area contributed by atoms with E-state index in [4.69, 9.17) is 0 Å². The number of rotatable bonds is 4. The van der Waals surface area contributed by atoms with E-state index in [1.54, 1.807) is 20.0 Å². The van der Waals surface area contributed by atoms with Crippen molar-refractivity contribution in [1.29, 1.82) is 0 Å². The molecule has 17 heavy (non-hydrogen) atoms. The normalized spacial score (nSPS) is 11.8. The van der Waals surface area contributed by atoms with Crippen molar-refractivity contribution in [2.24, 2.45) is 0 Å². The molecule has 6 nitrogen and oxygen atoms in total. The zero-order chi connectivity index (χ0) is 12.5. The van der Waals surface area contributed by atoms with Crippen LogP contribution in [0.25, 0.3) is 5.65 Å². The summed E-state index contributed by atoms with van der Waals surface area (Å²) in [6.45, 7) is 3.89. The summed E-state index contributed by atoms with van der Waals surface area (Å²) in [5.74, 6) is 1.40. The maximum atomic E-state index is 9.70. The number of anilines is 2. The molecule has 0 unspecified atom stereocenters. The number of nitrogens with one attached hydrogen (secondary N) is 2. The smallest absolute Gasteiger partial charge is 0.180 e. The van der Waals surface area contributed by atoms with Crippen LogP contribution < -0.4 is 10.6 Å². The van der Waals surface area contributed by atoms with Gasteiger partial charge in [-0.25, -0.2) is 9.97 Å². The second kappa shape index (κ2) is 4.21. The van der Waals surface area contributed by atoms with Gasteiger partial charge in [0.15, 0.2) is 11.5 Å². The van der Waals surface area contributed by atoms with Crippen molar-refractivity contribution in [3.8, 4) is 0 Å². The van der Waals surface area contributed by atoms with E-state index in [0.29, 0.717) is 12.4 Å². The van der Waals surface area contributed by atoms with Crippen molar-refractivity contribution in [2.75, 3.05) is 24.2 Å². The molecule has 2 heterocycles. The highest BCUT2D eigenvalue weighted by atomic mass is 16.3. The van der Waals surface area contributed by atoms with Crippen LogP contribution in [0.15, 0.2) is 18.6 Å². The van der Waals surface area contributed by atoms with Gasteiger partial charge in [0.25, 0.3) is 0 Å². The van der Waals surface area contributed by atoms with Crippen LogP contribution in [0, 0.1) is 0 Å². The Morgan fingerprint density at radius 3 is 2.88 bits per heavy atom. The van der Waals surface area contributed by atoms with Crippen LogP contribution in [0.2, 0.25) is 0 Å². The highest BCUT2D eigenvalue weighted by Gasteiger charge is 2.14. The minimum Gasteiger partial charge on any atom is -0.389 e. The monoisotopic (exact) mass is 235 g/mol. The van der Waals surface area contributed by atoms with Crippen LogP contribution in [-0.2, 0) is 0 Å². The fourth-order valence-electron chi connectivity index (χ4n) is 1.47. The fourth-order valence-corrected chi connectivity index (χ4v) is 1.47. The lowest BCUT2D eigenvalue weighted by molar-refractivity contribution is 0.0944. The van der Waals surface area contributed by atoms with E-state index in [0.717, 1.165) is 11.5 Å². The average Bonchev–Trinajstić information content (AvgIpc) is 2.72. The molecule has 0 amide bonds. The molecule has 0 saturated heterocycles. The molecule has 0 aromatic carbocycles. The summed E-state index contributed by atoms with van der Waals surface area (Å²) >= 11 is 0. The third-order valence-corrected chi connectivity index (χ3v) is 2.32. The number of imidazole rings is 1. The van der Waals surface area contributed by atoms with E-state index >= 15 is 0 Å². The van der Waals surface area contributed by atoms with Gasteiger partial charge >= 0.3 is 0 Å². The lowest BCUT2D eigenvalue weighted by Crippen LogP contribution is -2.29. The molecule has 0 atom stereocenters. The topological polar surface area (TPSA) is 74.5 Å². The molecule has 6 heteroatoms. The zero-order valence-electron chi connectivity index (χ0n) is 10.2. The summed E-state index contributed by atoms with van der Waals surface area (Å²) in [5.41, 5.74) is -0.0470. The largest absolute Gasteiger partial charge is 0.389 e. The Kier molecular flexibility index (Phi) is 2.89. The summed E-state index contributed by atoms with van der Waals surface area (Å²) in [7, 11) is 1.81. The average molecular weight is 235 g/mol. The van der Waals surface area contributed by atoms with Gasteiger partial charge in [0.1, 0.15) is 5.82 Å². The van der Waals surface area contributed by atoms with Gasteiger partial charge in [-0.05, 0) is 13.8 Å². The Labute approximate surface area is 99.7 Å². The van der Waals surface area contributed by atoms with Crippen molar-refractivity contribution in [2.45, 2.75) is 19.4 Å². The first kappa shape index (κ1) is 11.7. The van der Waals surface area contributed by atoms with Gasteiger partial charge < -0.3 is 20.1 Å². The summed E-state index contributed by atoms with van der Waals surface area (Å²) < 4.78 is 1.88. The van der Waals surface area contributed by atoms with Crippen molar-refractivity contribution in [3.05, 3.63) is 18.6 Å². The molecule has 0 radical (unpaired) electrons. The number of hydrogen-bond acceptors (Lipinski definition) is 5. The second-order valence-electron chi connectivity index (χ2n) is 4.55. The molecule has 92 valence electrons. The quantitative estimate of drug-likeness (QED) is 0.736. The SMILES string of the molecule is CNc1cn2ccnc2c(NCC(C)(C)O)n1. The minimum atomic E-state index is -0.791. The molecule has 0 aliphatic rings. The number of nitrogens with zero attached hydrogens (tertiary/aromatic N) is 3. The Bertz CT molecular complexity index is 514. The maximum Gasteiger partial charge on any atom is 0.180 e. The van der Waals surface area contributed by atoms with E-state index in [1.165, 1.54) is 0 Å². The molecule has 0 aliphatic carbocycles. The van der Waals surface area contributed by atoms with Gasteiger partial charge in [0.05, 0.1) is 11.8 Å². The second-order valence-corrected chi connectivity index (χ2v) is 4.55. The molecule has 0 aliphatic heterocycles. The maximum absolute atomic E-state index is 9.70. The summed E-state index contributed by atoms with van der Waals surface area (Å²) in [4.78, 5) is 8.60. The third kappa shape index (κ3) is 2.65. The molecule has 0 bridgehead atoms. The van der Waals surface area contributed by atoms with Crippen LogP contribution in [0.3, 0.4) is 0 Å². The van der Waals surface area contributed by atoms with Gasteiger partial charge in [-0.2, -0.15) is 0 Å². The lowest BCUT2D eigenvalue weighted by atomic mass is 10.1. The van der Waals surface area contributed by atoms with E-state index in [2.05, 4.69) is 20.6 Å². The molecular weight excluding hydrogens is 218 g/mol. The summed E-state index contributed by atoms with van der Waals surface area (Å²) in [6.07, 6.45) is 5.43. The van der Waals surface area contributed by atoms with Gasteiger partial charge in [-0.15, -0.1) is 0 Å². The summed E-state index contributed by atoms with van der Waals surface area (Å²) in [5, 5.41) is 15.8. The highest BCUT2D eigenvalue weighted by molar-refractivity contribution is 5.65. The molecule has 0 spiro atoms. The van der Waals surface area contributed by atoms with Gasteiger partial charge in [-0.3, -0.25) is 0 Å². The first-order valence-electron chi connectivity index (χ1n) is 5.47. The molecule has 2 aromatic rings. The number of hydrogen-bond donors (Lipinski definition) is 3. The highest BCUT2D eigenvalue weighted by Crippen LogP contribution is 2.16. The van der Waals surface area contributed by atoms with E-state index in [1.807, 2.05) is 23.8 Å². The van der Waals surface area contributed by atoms with Crippen LogP contribution in [-0.4, -0.2) is 38.7 Å². The number of fused-ring (bicyclic) bond motifs is 1. The zero-order valence-corrected chi connectivity index (χ0v) is 10.2. The summed E-state index contributed by atoms with van der Waals surface area (Å²) in [6, 6.07) is 0.